The number of rotatable bonds is 5. The second kappa shape index (κ2) is 10.5. The lowest BCUT2D eigenvalue weighted by Crippen LogP contribution is -2.27. The molecular formula is C24H13BrCl3NO4S. The van der Waals surface area contributed by atoms with Crippen molar-refractivity contribution in [2.75, 3.05) is 0 Å². The monoisotopic (exact) mass is 595 g/mol. The van der Waals surface area contributed by atoms with Crippen LogP contribution in [-0.2, 0) is 11.3 Å². The zero-order valence-corrected chi connectivity index (χ0v) is 21.7. The minimum Gasteiger partial charge on any atom is -0.422 e. The van der Waals surface area contributed by atoms with Crippen molar-refractivity contribution >= 4 is 85.7 Å². The van der Waals surface area contributed by atoms with Gasteiger partial charge in [0.1, 0.15) is 5.75 Å². The molecule has 3 aromatic rings. The quantitative estimate of drug-likeness (QED) is 0.170. The van der Waals surface area contributed by atoms with Crippen LogP contribution < -0.4 is 4.74 Å². The Hall–Kier alpha value is -2.29. The van der Waals surface area contributed by atoms with E-state index in [-0.39, 0.29) is 27.8 Å². The molecular weight excluding hydrogens is 585 g/mol. The second-order valence-corrected chi connectivity index (χ2v) is 10.2. The standard InChI is InChI=1S/C24H13BrCl3NO4S/c25-15-6-8-20(33-23(31)16-3-1-2-4-17(16)26)14(10-15)11-21-22(30)29(24(32)34-21)12-13-5-7-18(27)19(28)9-13/h1-11H,12H2/b21-11-. The van der Waals surface area contributed by atoms with E-state index in [1.807, 2.05) is 0 Å². The van der Waals surface area contributed by atoms with Crippen LogP contribution in [0.2, 0.25) is 15.1 Å². The van der Waals surface area contributed by atoms with E-state index in [2.05, 4.69) is 15.9 Å². The van der Waals surface area contributed by atoms with E-state index in [9.17, 15) is 14.4 Å². The van der Waals surface area contributed by atoms with Crippen LogP contribution in [0.25, 0.3) is 6.08 Å². The molecule has 0 spiro atoms. The van der Waals surface area contributed by atoms with Crippen molar-refractivity contribution in [2.24, 2.45) is 0 Å². The summed E-state index contributed by atoms with van der Waals surface area (Å²) < 4.78 is 6.25. The van der Waals surface area contributed by atoms with Crippen LogP contribution in [0.1, 0.15) is 21.5 Å². The summed E-state index contributed by atoms with van der Waals surface area (Å²) in [4.78, 5) is 39.5. The van der Waals surface area contributed by atoms with E-state index < -0.39 is 17.1 Å². The number of carbonyl (C=O) groups is 3. The molecule has 0 aliphatic carbocycles. The van der Waals surface area contributed by atoms with Gasteiger partial charge in [0.15, 0.2) is 0 Å². The zero-order chi connectivity index (χ0) is 24.4. The first-order chi connectivity index (χ1) is 16.2. The summed E-state index contributed by atoms with van der Waals surface area (Å²) in [6.07, 6.45) is 1.51. The summed E-state index contributed by atoms with van der Waals surface area (Å²) in [5.41, 5.74) is 1.31. The fraction of sp³-hybridized carbons (Fsp3) is 0.0417. The van der Waals surface area contributed by atoms with Gasteiger partial charge in [-0.2, -0.15) is 0 Å². The normalized spacial score (nSPS) is 14.7. The first-order valence-electron chi connectivity index (χ1n) is 9.68. The number of hydrogen-bond donors (Lipinski definition) is 0. The molecule has 0 bridgehead atoms. The van der Waals surface area contributed by atoms with Crippen LogP contribution in [0, 0.1) is 0 Å². The molecule has 0 N–H and O–H groups in total. The highest BCUT2D eigenvalue weighted by atomic mass is 79.9. The summed E-state index contributed by atoms with van der Waals surface area (Å²) >= 11 is 22.3. The van der Waals surface area contributed by atoms with Gasteiger partial charge in [0.05, 0.1) is 32.1 Å². The Morgan fingerprint density at radius 2 is 1.74 bits per heavy atom. The maximum Gasteiger partial charge on any atom is 0.345 e. The molecule has 5 nitrogen and oxygen atoms in total. The van der Waals surface area contributed by atoms with E-state index in [4.69, 9.17) is 39.5 Å². The molecule has 0 saturated carbocycles. The number of hydrogen-bond acceptors (Lipinski definition) is 5. The van der Waals surface area contributed by atoms with E-state index in [0.717, 1.165) is 16.7 Å². The van der Waals surface area contributed by atoms with Crippen molar-refractivity contribution in [3.05, 3.63) is 102 Å². The molecule has 3 aromatic carbocycles. The predicted molar refractivity (Wildman–Crippen MR) is 139 cm³/mol. The first-order valence-corrected chi connectivity index (χ1v) is 12.4. The molecule has 1 heterocycles. The minimum atomic E-state index is -0.643. The first kappa shape index (κ1) is 24.8. The third kappa shape index (κ3) is 5.50. The molecule has 1 fully saturated rings. The van der Waals surface area contributed by atoms with Crippen molar-refractivity contribution in [3.63, 3.8) is 0 Å². The molecule has 1 aliphatic rings. The number of ether oxygens (including phenoxy) is 1. The van der Waals surface area contributed by atoms with Gasteiger partial charge in [-0.1, -0.05) is 68.9 Å². The average Bonchev–Trinajstić information content (AvgIpc) is 3.05. The molecule has 0 atom stereocenters. The van der Waals surface area contributed by atoms with E-state index in [0.29, 0.717) is 25.6 Å². The van der Waals surface area contributed by atoms with Gasteiger partial charge in [0, 0.05) is 10.0 Å². The third-order valence-corrected chi connectivity index (χ3v) is 7.22. The summed E-state index contributed by atoms with van der Waals surface area (Å²) in [7, 11) is 0. The SMILES string of the molecule is O=C(Oc1ccc(Br)cc1/C=C1\SC(=O)N(Cc2ccc(Cl)c(Cl)c2)C1=O)c1ccccc1Cl. The Balaban J connectivity index is 1.60. The maximum atomic E-state index is 13.0. The molecule has 0 unspecified atom stereocenters. The zero-order valence-electron chi connectivity index (χ0n) is 17.1. The number of carbonyl (C=O) groups excluding carboxylic acids is 3. The maximum absolute atomic E-state index is 13.0. The van der Waals surface area contributed by atoms with Crippen LogP contribution in [-0.4, -0.2) is 22.0 Å². The lowest BCUT2D eigenvalue weighted by molar-refractivity contribution is -0.123. The van der Waals surface area contributed by atoms with Crippen molar-refractivity contribution in [2.45, 2.75) is 6.54 Å². The third-order valence-electron chi connectivity index (χ3n) is 4.75. The van der Waals surface area contributed by atoms with Gasteiger partial charge in [0.2, 0.25) is 0 Å². The Kier molecular flexibility index (Phi) is 7.70. The smallest absolute Gasteiger partial charge is 0.345 e. The van der Waals surface area contributed by atoms with Gasteiger partial charge in [0.25, 0.3) is 11.1 Å². The van der Waals surface area contributed by atoms with E-state index >= 15 is 0 Å². The summed E-state index contributed by atoms with van der Waals surface area (Å²) in [5.74, 6) is -0.899. The highest BCUT2D eigenvalue weighted by molar-refractivity contribution is 9.10. The number of amides is 2. The number of imide groups is 1. The average molecular weight is 598 g/mol. The summed E-state index contributed by atoms with van der Waals surface area (Å²) in [5, 5.41) is 0.551. The Labute approximate surface area is 222 Å². The molecule has 4 rings (SSSR count). The lowest BCUT2D eigenvalue weighted by Gasteiger charge is -2.13. The predicted octanol–water partition coefficient (Wildman–Crippen LogP) is 7.87. The molecule has 0 aromatic heterocycles. The van der Waals surface area contributed by atoms with Crippen molar-refractivity contribution in [1.82, 2.24) is 4.90 Å². The number of benzene rings is 3. The highest BCUT2D eigenvalue weighted by Gasteiger charge is 2.35. The summed E-state index contributed by atoms with van der Waals surface area (Å²) in [6, 6.07) is 16.4. The van der Waals surface area contributed by atoms with Crippen molar-refractivity contribution in [1.29, 1.82) is 0 Å². The van der Waals surface area contributed by atoms with Crippen molar-refractivity contribution < 1.29 is 19.1 Å². The lowest BCUT2D eigenvalue weighted by atomic mass is 10.1. The fourth-order valence-corrected chi connectivity index (χ4v) is 4.85. The topological polar surface area (TPSA) is 63.7 Å². The van der Waals surface area contributed by atoms with Crippen LogP contribution in [0.4, 0.5) is 4.79 Å². The van der Waals surface area contributed by atoms with Gasteiger partial charge in [-0.25, -0.2) is 4.79 Å². The van der Waals surface area contributed by atoms with E-state index in [1.165, 1.54) is 6.08 Å². The number of thioether (sulfide) groups is 1. The molecule has 2 amide bonds. The van der Waals surface area contributed by atoms with Gasteiger partial charge in [-0.3, -0.25) is 14.5 Å². The van der Waals surface area contributed by atoms with Crippen LogP contribution in [0.5, 0.6) is 5.75 Å². The van der Waals surface area contributed by atoms with E-state index in [1.54, 1.807) is 60.7 Å². The van der Waals surface area contributed by atoms with Gasteiger partial charge < -0.3 is 4.74 Å². The number of halogens is 4. The highest BCUT2D eigenvalue weighted by Crippen LogP contribution is 2.36. The molecule has 0 radical (unpaired) electrons. The second-order valence-electron chi connectivity index (χ2n) is 7.07. The number of nitrogens with zero attached hydrogens (tertiary/aromatic N) is 1. The van der Waals surface area contributed by atoms with Crippen LogP contribution >= 0.6 is 62.5 Å². The Morgan fingerprint density at radius 3 is 2.47 bits per heavy atom. The fourth-order valence-electron chi connectivity index (χ4n) is 3.10. The molecule has 1 saturated heterocycles. The largest absolute Gasteiger partial charge is 0.422 e. The molecule has 34 heavy (non-hydrogen) atoms. The molecule has 10 heteroatoms. The minimum absolute atomic E-state index is 0.0474. The van der Waals surface area contributed by atoms with Crippen LogP contribution in [0.15, 0.2) is 70.0 Å². The number of esters is 1. The van der Waals surface area contributed by atoms with Gasteiger partial charge in [-0.05, 0) is 65.9 Å². The van der Waals surface area contributed by atoms with Crippen LogP contribution in [0.3, 0.4) is 0 Å². The Bertz CT molecular complexity index is 1360. The molecule has 172 valence electrons. The van der Waals surface area contributed by atoms with Crippen molar-refractivity contribution in [3.8, 4) is 5.75 Å². The summed E-state index contributed by atoms with van der Waals surface area (Å²) in [6.45, 7) is 0.0474. The van der Waals surface area contributed by atoms with Gasteiger partial charge in [-0.15, -0.1) is 0 Å². The Morgan fingerprint density at radius 1 is 0.971 bits per heavy atom. The van der Waals surface area contributed by atoms with Gasteiger partial charge >= 0.3 is 5.97 Å². The molecule has 1 aliphatic heterocycles.